The van der Waals surface area contributed by atoms with Crippen LogP contribution in [0.5, 0.6) is 0 Å². The maximum absolute atomic E-state index is 13.5. The molecule has 2 atom stereocenters. The third-order valence-electron chi connectivity index (χ3n) is 6.54. The summed E-state index contributed by atoms with van der Waals surface area (Å²) in [6, 6.07) is 8.45. The molecular formula is C25H22ClF3N4O3S. The number of alkyl halides is 3. The van der Waals surface area contributed by atoms with Crippen molar-refractivity contribution in [3.8, 4) is 0 Å². The number of aromatic nitrogens is 2. The molecule has 194 valence electrons. The molecule has 5 rings (SSSR count). The van der Waals surface area contributed by atoms with Gasteiger partial charge in [0.2, 0.25) is 0 Å². The minimum absolute atomic E-state index is 0.00354. The summed E-state index contributed by atoms with van der Waals surface area (Å²) in [5, 5.41) is 17.2. The molecule has 3 heterocycles. The third-order valence-corrected chi connectivity index (χ3v) is 7.66. The number of aliphatic hydroxyl groups excluding tert-OH is 1. The van der Waals surface area contributed by atoms with Gasteiger partial charge in [-0.15, -0.1) is 0 Å². The second kappa shape index (κ2) is 10.1. The van der Waals surface area contributed by atoms with E-state index in [1.165, 1.54) is 21.7 Å². The summed E-state index contributed by atoms with van der Waals surface area (Å²) >= 11 is 6.66. The van der Waals surface area contributed by atoms with Gasteiger partial charge in [-0.05, 0) is 72.6 Å². The summed E-state index contributed by atoms with van der Waals surface area (Å²) in [4.78, 5) is 27.2. The van der Waals surface area contributed by atoms with Gasteiger partial charge in [0.1, 0.15) is 0 Å². The fourth-order valence-corrected chi connectivity index (χ4v) is 5.81. The van der Waals surface area contributed by atoms with Gasteiger partial charge in [0.05, 0.1) is 35.3 Å². The minimum atomic E-state index is -4.55. The van der Waals surface area contributed by atoms with E-state index in [0.29, 0.717) is 40.8 Å². The van der Waals surface area contributed by atoms with Crippen LogP contribution in [0.2, 0.25) is 5.02 Å². The standard InChI is InChI=1S/C25H22ClF3N4O3S/c26-17-3-2-15(20(9-17)25(27,28)29)12-32-21-4-1-14(7-16(21)11-31-32)8-22-23(35)33(24(36)37-22)19-5-6-30-18(10-19)13-34/h1-4,7-9,11,18-19,30,34H,5-6,10,12-13H2/b22-8-. The van der Waals surface area contributed by atoms with Crippen LogP contribution in [0.3, 0.4) is 0 Å². The van der Waals surface area contributed by atoms with E-state index in [2.05, 4.69) is 10.4 Å². The Bertz CT molecular complexity index is 1410. The Labute approximate surface area is 219 Å². The molecule has 2 aliphatic rings. The van der Waals surface area contributed by atoms with E-state index < -0.39 is 11.7 Å². The average Bonchev–Trinajstić information content (AvgIpc) is 3.38. The van der Waals surface area contributed by atoms with Crippen LogP contribution in [0.1, 0.15) is 29.5 Å². The van der Waals surface area contributed by atoms with Crippen molar-refractivity contribution < 1.29 is 27.9 Å². The van der Waals surface area contributed by atoms with Gasteiger partial charge in [-0.2, -0.15) is 18.3 Å². The molecule has 0 radical (unpaired) electrons. The van der Waals surface area contributed by atoms with Gasteiger partial charge in [0.15, 0.2) is 0 Å². The number of rotatable bonds is 5. The first-order valence-electron chi connectivity index (χ1n) is 11.6. The number of imide groups is 1. The van der Waals surface area contributed by atoms with Gasteiger partial charge < -0.3 is 10.4 Å². The van der Waals surface area contributed by atoms with Crippen molar-refractivity contribution in [2.45, 2.75) is 37.6 Å². The number of thioether (sulfide) groups is 1. The second-order valence-electron chi connectivity index (χ2n) is 8.98. The molecule has 0 spiro atoms. The summed E-state index contributed by atoms with van der Waals surface area (Å²) in [6.07, 6.45) is -0.251. The number of benzene rings is 2. The number of aliphatic hydroxyl groups is 1. The fraction of sp³-hybridized carbons (Fsp3) is 0.320. The van der Waals surface area contributed by atoms with E-state index in [1.807, 2.05) is 0 Å². The molecule has 0 bridgehead atoms. The highest BCUT2D eigenvalue weighted by atomic mass is 35.5. The zero-order valence-corrected chi connectivity index (χ0v) is 20.9. The first kappa shape index (κ1) is 25.8. The Balaban J connectivity index is 1.38. The number of hydrogen-bond acceptors (Lipinski definition) is 6. The fourth-order valence-electron chi connectivity index (χ4n) is 4.74. The molecule has 2 fully saturated rings. The molecule has 2 aromatic carbocycles. The van der Waals surface area contributed by atoms with E-state index in [-0.39, 0.29) is 47.0 Å². The smallest absolute Gasteiger partial charge is 0.395 e. The average molecular weight is 551 g/mol. The summed E-state index contributed by atoms with van der Waals surface area (Å²) in [5.74, 6) is -0.364. The lowest BCUT2D eigenvalue weighted by atomic mass is 9.98. The summed E-state index contributed by atoms with van der Waals surface area (Å²) < 4.78 is 42.0. The van der Waals surface area contributed by atoms with Crippen LogP contribution >= 0.6 is 23.4 Å². The molecule has 3 aromatic rings. The van der Waals surface area contributed by atoms with Gasteiger partial charge in [-0.3, -0.25) is 19.2 Å². The van der Waals surface area contributed by atoms with Gasteiger partial charge in [0.25, 0.3) is 11.1 Å². The van der Waals surface area contributed by atoms with E-state index in [9.17, 15) is 27.9 Å². The van der Waals surface area contributed by atoms with E-state index in [0.717, 1.165) is 17.8 Å². The molecule has 2 amide bonds. The Hall–Kier alpha value is -2.86. The van der Waals surface area contributed by atoms with Gasteiger partial charge in [-0.25, -0.2) is 0 Å². The first-order chi connectivity index (χ1) is 17.6. The Morgan fingerprint density at radius 2 is 2.03 bits per heavy atom. The zero-order chi connectivity index (χ0) is 26.3. The van der Waals surface area contributed by atoms with Crippen molar-refractivity contribution in [2.24, 2.45) is 0 Å². The molecule has 12 heteroatoms. The van der Waals surface area contributed by atoms with Crippen molar-refractivity contribution in [2.75, 3.05) is 13.2 Å². The minimum Gasteiger partial charge on any atom is -0.395 e. The second-order valence-corrected chi connectivity index (χ2v) is 10.4. The maximum atomic E-state index is 13.5. The van der Waals surface area contributed by atoms with Crippen molar-refractivity contribution in [3.63, 3.8) is 0 Å². The Morgan fingerprint density at radius 3 is 2.78 bits per heavy atom. The van der Waals surface area contributed by atoms with E-state index in [4.69, 9.17) is 11.6 Å². The number of halogens is 4. The molecular weight excluding hydrogens is 529 g/mol. The predicted octanol–water partition coefficient (Wildman–Crippen LogP) is 4.91. The van der Waals surface area contributed by atoms with Crippen LogP contribution in [0, 0.1) is 0 Å². The molecule has 2 unspecified atom stereocenters. The third kappa shape index (κ3) is 5.26. The van der Waals surface area contributed by atoms with Crippen LogP contribution in [0.4, 0.5) is 18.0 Å². The van der Waals surface area contributed by atoms with E-state index >= 15 is 0 Å². The number of carbonyl (C=O) groups is 2. The highest BCUT2D eigenvalue weighted by Crippen LogP contribution is 2.37. The number of carbonyl (C=O) groups excluding carboxylic acids is 2. The Kier molecular flexibility index (Phi) is 7.06. The summed E-state index contributed by atoms with van der Waals surface area (Å²) in [5.41, 5.74) is 0.521. The molecule has 0 aliphatic carbocycles. The van der Waals surface area contributed by atoms with Crippen LogP contribution in [-0.2, 0) is 17.5 Å². The van der Waals surface area contributed by atoms with Gasteiger partial charge >= 0.3 is 6.18 Å². The van der Waals surface area contributed by atoms with Gasteiger partial charge in [-0.1, -0.05) is 23.7 Å². The molecule has 0 saturated carbocycles. The van der Waals surface area contributed by atoms with Crippen molar-refractivity contribution in [1.82, 2.24) is 20.0 Å². The van der Waals surface area contributed by atoms with Gasteiger partial charge in [0, 0.05) is 22.5 Å². The quantitative estimate of drug-likeness (QED) is 0.439. The lowest BCUT2D eigenvalue weighted by molar-refractivity contribution is -0.138. The topological polar surface area (TPSA) is 87.5 Å². The molecule has 2 aliphatic heterocycles. The Morgan fingerprint density at radius 1 is 1.22 bits per heavy atom. The van der Waals surface area contributed by atoms with Crippen LogP contribution in [0.25, 0.3) is 17.0 Å². The lowest BCUT2D eigenvalue weighted by Crippen LogP contribution is -2.50. The van der Waals surface area contributed by atoms with Crippen molar-refractivity contribution in [1.29, 1.82) is 0 Å². The highest BCUT2D eigenvalue weighted by Gasteiger charge is 2.41. The molecule has 2 N–H and O–H groups in total. The van der Waals surface area contributed by atoms with Crippen molar-refractivity contribution >= 4 is 51.5 Å². The number of nitrogens with zero attached hydrogens (tertiary/aromatic N) is 3. The molecule has 1 aromatic heterocycles. The zero-order valence-electron chi connectivity index (χ0n) is 19.3. The monoisotopic (exact) mass is 550 g/mol. The SMILES string of the molecule is O=C1S/C(=C\c2ccc3c(cnn3Cc3ccc(Cl)cc3C(F)(F)F)c2)C(=O)N1C1CCNC(CO)C1. The molecule has 2 saturated heterocycles. The number of fused-ring (bicyclic) bond motifs is 1. The maximum Gasteiger partial charge on any atom is 0.416 e. The number of amides is 2. The van der Waals surface area contributed by atoms with Crippen molar-refractivity contribution in [3.05, 3.63) is 69.2 Å². The summed E-state index contributed by atoms with van der Waals surface area (Å²) in [6.45, 7) is 0.447. The predicted molar refractivity (Wildman–Crippen MR) is 135 cm³/mol. The lowest BCUT2D eigenvalue weighted by Gasteiger charge is -2.33. The molecule has 37 heavy (non-hydrogen) atoms. The number of piperidine rings is 1. The largest absolute Gasteiger partial charge is 0.416 e. The van der Waals surface area contributed by atoms with Crippen LogP contribution < -0.4 is 5.32 Å². The normalized spacial score (nSPS) is 22.0. The first-order valence-corrected chi connectivity index (χ1v) is 12.8. The summed E-state index contributed by atoms with van der Waals surface area (Å²) in [7, 11) is 0. The van der Waals surface area contributed by atoms with E-state index in [1.54, 1.807) is 30.5 Å². The molecule has 7 nitrogen and oxygen atoms in total. The van der Waals surface area contributed by atoms with Crippen LogP contribution in [-0.4, -0.2) is 56.2 Å². The highest BCUT2D eigenvalue weighted by molar-refractivity contribution is 8.18. The van der Waals surface area contributed by atoms with Crippen LogP contribution in [0.15, 0.2) is 47.5 Å². The number of hydrogen-bond donors (Lipinski definition) is 2. The number of nitrogens with one attached hydrogen (secondary N) is 1.